The standard InChI is InChI=1S/C14H19N3O3/c1-9-6-10(14(19)20)4-5-17(9)13(18)7-12-3-2-11(15)8-16-12/h2-3,8-10H,4-7,15H2,1H3,(H,19,20). The van der Waals surface area contributed by atoms with E-state index in [0.29, 0.717) is 30.8 Å². The number of anilines is 1. The molecule has 3 N–H and O–H groups in total. The Labute approximate surface area is 117 Å². The van der Waals surface area contributed by atoms with E-state index in [1.165, 1.54) is 6.20 Å². The van der Waals surface area contributed by atoms with Crippen molar-refractivity contribution in [1.82, 2.24) is 9.88 Å². The number of nitrogens with zero attached hydrogens (tertiary/aromatic N) is 2. The molecule has 1 aromatic heterocycles. The fraction of sp³-hybridized carbons (Fsp3) is 0.500. The number of nitrogens with two attached hydrogens (primary N) is 1. The molecule has 0 spiro atoms. The van der Waals surface area contributed by atoms with E-state index >= 15 is 0 Å². The molecule has 0 aliphatic carbocycles. The van der Waals surface area contributed by atoms with Crippen LogP contribution in [0.4, 0.5) is 5.69 Å². The van der Waals surface area contributed by atoms with Gasteiger partial charge in [-0.05, 0) is 31.9 Å². The molecule has 6 nitrogen and oxygen atoms in total. The molecule has 1 fully saturated rings. The first-order valence-corrected chi connectivity index (χ1v) is 6.70. The van der Waals surface area contributed by atoms with Crippen molar-refractivity contribution < 1.29 is 14.7 Å². The number of hydrogen-bond donors (Lipinski definition) is 2. The molecule has 0 radical (unpaired) electrons. The molecule has 1 saturated heterocycles. The first-order chi connectivity index (χ1) is 9.47. The third kappa shape index (κ3) is 3.26. The van der Waals surface area contributed by atoms with Gasteiger partial charge >= 0.3 is 5.97 Å². The summed E-state index contributed by atoms with van der Waals surface area (Å²) >= 11 is 0. The average molecular weight is 277 g/mol. The average Bonchev–Trinajstić information content (AvgIpc) is 2.41. The molecule has 0 bridgehead atoms. The smallest absolute Gasteiger partial charge is 0.306 e. The molecular formula is C14H19N3O3. The lowest BCUT2D eigenvalue weighted by atomic mass is 9.91. The number of carboxylic acid groups (broad SMARTS) is 1. The molecule has 1 amide bonds. The molecule has 2 atom stereocenters. The fourth-order valence-corrected chi connectivity index (χ4v) is 2.56. The number of carbonyl (C=O) groups excluding carboxylic acids is 1. The zero-order valence-corrected chi connectivity index (χ0v) is 11.5. The molecule has 2 rings (SSSR count). The van der Waals surface area contributed by atoms with Crippen molar-refractivity contribution in [3.05, 3.63) is 24.0 Å². The van der Waals surface area contributed by atoms with Crippen LogP contribution in [0.2, 0.25) is 0 Å². The topological polar surface area (TPSA) is 96.5 Å². The lowest BCUT2D eigenvalue weighted by Crippen LogP contribution is -2.46. The molecule has 6 heteroatoms. The summed E-state index contributed by atoms with van der Waals surface area (Å²) in [7, 11) is 0. The Bertz CT molecular complexity index is 501. The van der Waals surface area contributed by atoms with Crippen molar-refractivity contribution in [2.75, 3.05) is 12.3 Å². The number of piperidine rings is 1. The van der Waals surface area contributed by atoms with E-state index in [1.54, 1.807) is 17.0 Å². The van der Waals surface area contributed by atoms with Crippen LogP contribution in [0.5, 0.6) is 0 Å². The van der Waals surface area contributed by atoms with Crippen LogP contribution in [0.1, 0.15) is 25.5 Å². The van der Waals surface area contributed by atoms with Crippen molar-refractivity contribution in [2.24, 2.45) is 5.92 Å². The number of carbonyl (C=O) groups is 2. The number of likely N-dealkylation sites (tertiary alicyclic amines) is 1. The largest absolute Gasteiger partial charge is 0.481 e. The Morgan fingerprint density at radius 2 is 2.25 bits per heavy atom. The number of rotatable bonds is 3. The van der Waals surface area contributed by atoms with Crippen LogP contribution in [-0.4, -0.2) is 39.5 Å². The summed E-state index contributed by atoms with van der Waals surface area (Å²) in [6, 6.07) is 3.41. The van der Waals surface area contributed by atoms with Crippen LogP contribution in [0.3, 0.4) is 0 Å². The fourth-order valence-electron chi connectivity index (χ4n) is 2.56. The number of carboxylic acids is 1. The van der Waals surface area contributed by atoms with Crippen molar-refractivity contribution in [3.63, 3.8) is 0 Å². The Morgan fingerprint density at radius 1 is 1.50 bits per heavy atom. The van der Waals surface area contributed by atoms with Gasteiger partial charge in [0.15, 0.2) is 0 Å². The number of pyridine rings is 1. The van der Waals surface area contributed by atoms with Gasteiger partial charge in [-0.1, -0.05) is 0 Å². The van der Waals surface area contributed by atoms with E-state index < -0.39 is 5.97 Å². The van der Waals surface area contributed by atoms with Crippen molar-refractivity contribution in [3.8, 4) is 0 Å². The maximum absolute atomic E-state index is 12.2. The summed E-state index contributed by atoms with van der Waals surface area (Å²) in [5.74, 6) is -1.13. The van der Waals surface area contributed by atoms with E-state index in [9.17, 15) is 9.59 Å². The lowest BCUT2D eigenvalue weighted by Gasteiger charge is -2.36. The van der Waals surface area contributed by atoms with E-state index in [0.717, 1.165) is 0 Å². The molecule has 20 heavy (non-hydrogen) atoms. The second-order valence-corrected chi connectivity index (χ2v) is 5.26. The second-order valence-electron chi connectivity index (χ2n) is 5.26. The predicted molar refractivity (Wildman–Crippen MR) is 73.9 cm³/mol. The highest BCUT2D eigenvalue weighted by molar-refractivity contribution is 5.79. The normalized spacial score (nSPS) is 22.6. The van der Waals surface area contributed by atoms with Crippen molar-refractivity contribution in [2.45, 2.75) is 32.2 Å². The van der Waals surface area contributed by atoms with Gasteiger partial charge in [-0.3, -0.25) is 14.6 Å². The Hall–Kier alpha value is -2.11. The van der Waals surface area contributed by atoms with Gasteiger partial charge in [0.05, 0.1) is 24.2 Å². The maximum Gasteiger partial charge on any atom is 0.306 e. The van der Waals surface area contributed by atoms with Gasteiger partial charge in [-0.15, -0.1) is 0 Å². The number of amides is 1. The summed E-state index contributed by atoms with van der Waals surface area (Å²) in [5.41, 5.74) is 6.80. The van der Waals surface area contributed by atoms with E-state index in [4.69, 9.17) is 10.8 Å². The minimum atomic E-state index is -0.774. The van der Waals surface area contributed by atoms with Crippen LogP contribution in [0.15, 0.2) is 18.3 Å². The second kappa shape index (κ2) is 5.90. The number of aliphatic carboxylic acids is 1. The molecule has 2 heterocycles. The van der Waals surface area contributed by atoms with Gasteiger partial charge in [-0.25, -0.2) is 0 Å². The molecule has 108 valence electrons. The first kappa shape index (κ1) is 14.3. The quantitative estimate of drug-likeness (QED) is 0.856. The SMILES string of the molecule is CC1CC(C(=O)O)CCN1C(=O)Cc1ccc(N)cn1. The third-order valence-electron chi connectivity index (χ3n) is 3.73. The van der Waals surface area contributed by atoms with Crippen LogP contribution in [0, 0.1) is 5.92 Å². The Morgan fingerprint density at radius 3 is 2.80 bits per heavy atom. The molecule has 1 aromatic rings. The van der Waals surface area contributed by atoms with Gasteiger partial charge in [0.2, 0.25) is 5.91 Å². The van der Waals surface area contributed by atoms with Crippen molar-refractivity contribution in [1.29, 1.82) is 0 Å². The Balaban J connectivity index is 1.96. The summed E-state index contributed by atoms with van der Waals surface area (Å²) in [5, 5.41) is 9.02. The van der Waals surface area contributed by atoms with E-state index in [-0.39, 0.29) is 24.3 Å². The molecule has 0 saturated carbocycles. The van der Waals surface area contributed by atoms with Crippen molar-refractivity contribution >= 4 is 17.6 Å². The summed E-state index contributed by atoms with van der Waals surface area (Å²) in [6.45, 7) is 2.38. The highest BCUT2D eigenvalue weighted by atomic mass is 16.4. The molecule has 0 aromatic carbocycles. The minimum absolute atomic E-state index is 0.0152. The number of aromatic nitrogens is 1. The highest BCUT2D eigenvalue weighted by Crippen LogP contribution is 2.23. The summed E-state index contributed by atoms with van der Waals surface area (Å²) in [4.78, 5) is 29.1. The third-order valence-corrected chi connectivity index (χ3v) is 3.73. The van der Waals surface area contributed by atoms with Gasteiger partial charge in [0, 0.05) is 18.3 Å². The lowest BCUT2D eigenvalue weighted by molar-refractivity contribution is -0.147. The number of hydrogen-bond acceptors (Lipinski definition) is 4. The summed E-state index contributed by atoms with van der Waals surface area (Å²) < 4.78 is 0. The van der Waals surface area contributed by atoms with E-state index in [1.807, 2.05) is 6.92 Å². The minimum Gasteiger partial charge on any atom is -0.481 e. The van der Waals surface area contributed by atoms with E-state index in [2.05, 4.69) is 4.98 Å². The van der Waals surface area contributed by atoms with Gasteiger partial charge < -0.3 is 15.7 Å². The van der Waals surface area contributed by atoms with Gasteiger partial charge in [0.25, 0.3) is 0 Å². The zero-order chi connectivity index (χ0) is 14.7. The summed E-state index contributed by atoms with van der Waals surface area (Å²) in [6.07, 6.45) is 2.78. The van der Waals surface area contributed by atoms with Gasteiger partial charge in [0.1, 0.15) is 0 Å². The van der Waals surface area contributed by atoms with Crippen LogP contribution in [-0.2, 0) is 16.0 Å². The zero-order valence-electron chi connectivity index (χ0n) is 11.5. The first-order valence-electron chi connectivity index (χ1n) is 6.70. The number of nitrogen functional groups attached to an aromatic ring is 1. The monoisotopic (exact) mass is 277 g/mol. The Kier molecular flexibility index (Phi) is 4.22. The molecule has 2 unspecified atom stereocenters. The highest BCUT2D eigenvalue weighted by Gasteiger charge is 2.32. The predicted octanol–water partition coefficient (Wildman–Crippen LogP) is 0.918. The molecule has 1 aliphatic heterocycles. The maximum atomic E-state index is 12.2. The van der Waals surface area contributed by atoms with Crippen LogP contribution < -0.4 is 5.73 Å². The van der Waals surface area contributed by atoms with Crippen LogP contribution >= 0.6 is 0 Å². The van der Waals surface area contributed by atoms with Gasteiger partial charge in [-0.2, -0.15) is 0 Å². The molecular weight excluding hydrogens is 258 g/mol. The van der Waals surface area contributed by atoms with Crippen LogP contribution in [0.25, 0.3) is 0 Å². The molecule has 1 aliphatic rings.